The maximum absolute atomic E-state index is 12.0. The first-order valence-corrected chi connectivity index (χ1v) is 7.37. The molecule has 1 aromatic carbocycles. The standard InChI is InChI=1S/C16H22N2O5/c1-4-17-14(19)10-18(5-2)15(20)11-23-16(21)12-7-6-8-13(9-12)22-3/h6-9H,4-5,10-11H2,1-3H3,(H,17,19). The summed E-state index contributed by atoms with van der Waals surface area (Å²) >= 11 is 0. The van der Waals surface area contributed by atoms with Crippen LogP contribution in [0.5, 0.6) is 5.75 Å². The van der Waals surface area contributed by atoms with Gasteiger partial charge in [0.1, 0.15) is 5.75 Å². The molecule has 1 N–H and O–H groups in total. The topological polar surface area (TPSA) is 84.9 Å². The summed E-state index contributed by atoms with van der Waals surface area (Å²) in [5.74, 6) is -0.764. The molecule has 0 aliphatic heterocycles. The summed E-state index contributed by atoms with van der Waals surface area (Å²) in [5, 5.41) is 2.61. The second-order valence-electron chi connectivity index (χ2n) is 4.67. The summed E-state index contributed by atoms with van der Waals surface area (Å²) < 4.78 is 10.0. The molecule has 0 saturated carbocycles. The van der Waals surface area contributed by atoms with Crippen LogP contribution in [0.25, 0.3) is 0 Å². The zero-order chi connectivity index (χ0) is 17.2. The van der Waals surface area contributed by atoms with E-state index in [9.17, 15) is 14.4 Å². The fraction of sp³-hybridized carbons (Fsp3) is 0.438. The molecule has 0 aliphatic carbocycles. The van der Waals surface area contributed by atoms with Gasteiger partial charge in [0, 0.05) is 13.1 Å². The highest BCUT2D eigenvalue weighted by molar-refractivity contribution is 5.92. The number of amides is 2. The first-order valence-electron chi connectivity index (χ1n) is 7.37. The smallest absolute Gasteiger partial charge is 0.338 e. The van der Waals surface area contributed by atoms with Crippen molar-refractivity contribution in [3.05, 3.63) is 29.8 Å². The average Bonchev–Trinajstić information content (AvgIpc) is 2.57. The molecule has 0 aromatic heterocycles. The Bertz CT molecular complexity index is 559. The average molecular weight is 322 g/mol. The third kappa shape index (κ3) is 5.98. The van der Waals surface area contributed by atoms with Gasteiger partial charge in [-0.15, -0.1) is 0 Å². The van der Waals surface area contributed by atoms with Crippen LogP contribution < -0.4 is 10.1 Å². The molecule has 1 rings (SSSR count). The molecule has 0 radical (unpaired) electrons. The van der Waals surface area contributed by atoms with Crippen LogP contribution in [0, 0.1) is 0 Å². The molecule has 126 valence electrons. The lowest BCUT2D eigenvalue weighted by Crippen LogP contribution is -2.42. The van der Waals surface area contributed by atoms with Gasteiger partial charge >= 0.3 is 5.97 Å². The maximum Gasteiger partial charge on any atom is 0.338 e. The van der Waals surface area contributed by atoms with Crippen LogP contribution in [0.4, 0.5) is 0 Å². The predicted octanol–water partition coefficient (Wildman–Crippen LogP) is 0.837. The highest BCUT2D eigenvalue weighted by Gasteiger charge is 2.17. The molecule has 0 saturated heterocycles. The third-order valence-electron chi connectivity index (χ3n) is 3.08. The number of esters is 1. The van der Waals surface area contributed by atoms with Gasteiger partial charge in [0.15, 0.2) is 6.61 Å². The molecule has 0 fully saturated rings. The Morgan fingerprint density at radius 1 is 1.22 bits per heavy atom. The monoisotopic (exact) mass is 322 g/mol. The third-order valence-corrected chi connectivity index (χ3v) is 3.08. The van der Waals surface area contributed by atoms with E-state index in [-0.39, 0.29) is 12.5 Å². The van der Waals surface area contributed by atoms with E-state index in [0.717, 1.165) is 0 Å². The first-order chi connectivity index (χ1) is 11.0. The van der Waals surface area contributed by atoms with Gasteiger partial charge in [-0.05, 0) is 32.0 Å². The Labute approximate surface area is 135 Å². The van der Waals surface area contributed by atoms with E-state index in [0.29, 0.717) is 24.4 Å². The van der Waals surface area contributed by atoms with Gasteiger partial charge in [-0.25, -0.2) is 4.79 Å². The molecule has 0 unspecified atom stereocenters. The number of methoxy groups -OCH3 is 1. The Morgan fingerprint density at radius 2 is 1.96 bits per heavy atom. The van der Waals surface area contributed by atoms with Crippen molar-refractivity contribution in [3.63, 3.8) is 0 Å². The molecule has 7 nitrogen and oxygen atoms in total. The Balaban J connectivity index is 2.56. The highest BCUT2D eigenvalue weighted by atomic mass is 16.5. The van der Waals surface area contributed by atoms with Gasteiger partial charge < -0.3 is 19.7 Å². The second-order valence-corrected chi connectivity index (χ2v) is 4.67. The first kappa shape index (κ1) is 18.5. The van der Waals surface area contributed by atoms with Crippen molar-refractivity contribution in [1.29, 1.82) is 0 Å². The molecule has 23 heavy (non-hydrogen) atoms. The molecule has 1 aromatic rings. The number of hydrogen-bond donors (Lipinski definition) is 1. The number of ether oxygens (including phenoxy) is 2. The van der Waals surface area contributed by atoms with E-state index in [4.69, 9.17) is 9.47 Å². The van der Waals surface area contributed by atoms with Gasteiger partial charge in [-0.2, -0.15) is 0 Å². The van der Waals surface area contributed by atoms with Crippen molar-refractivity contribution in [2.45, 2.75) is 13.8 Å². The maximum atomic E-state index is 12.0. The van der Waals surface area contributed by atoms with E-state index >= 15 is 0 Å². The predicted molar refractivity (Wildman–Crippen MR) is 84.2 cm³/mol. The summed E-state index contributed by atoms with van der Waals surface area (Å²) in [4.78, 5) is 36.8. The number of likely N-dealkylation sites (N-methyl/N-ethyl adjacent to an activating group) is 2. The zero-order valence-electron chi connectivity index (χ0n) is 13.6. The molecule has 0 bridgehead atoms. The fourth-order valence-corrected chi connectivity index (χ4v) is 1.85. The lowest BCUT2D eigenvalue weighted by Gasteiger charge is -2.20. The normalized spacial score (nSPS) is 9.87. The number of hydrogen-bond acceptors (Lipinski definition) is 5. The van der Waals surface area contributed by atoms with E-state index in [2.05, 4.69) is 5.32 Å². The van der Waals surface area contributed by atoms with Gasteiger partial charge in [0.25, 0.3) is 5.91 Å². The molecule has 0 heterocycles. The lowest BCUT2D eigenvalue weighted by molar-refractivity contribution is -0.138. The molecule has 0 atom stereocenters. The van der Waals surface area contributed by atoms with Crippen LogP contribution >= 0.6 is 0 Å². The van der Waals surface area contributed by atoms with Crippen molar-refractivity contribution in [1.82, 2.24) is 10.2 Å². The van der Waals surface area contributed by atoms with E-state index < -0.39 is 18.5 Å². The lowest BCUT2D eigenvalue weighted by atomic mass is 10.2. The van der Waals surface area contributed by atoms with Crippen LogP contribution in [0.2, 0.25) is 0 Å². The van der Waals surface area contributed by atoms with E-state index in [1.165, 1.54) is 18.1 Å². The second kappa shape index (κ2) is 9.45. The van der Waals surface area contributed by atoms with Crippen LogP contribution in [-0.2, 0) is 14.3 Å². The van der Waals surface area contributed by atoms with E-state index in [1.54, 1.807) is 32.0 Å². The highest BCUT2D eigenvalue weighted by Crippen LogP contribution is 2.13. The van der Waals surface area contributed by atoms with Crippen molar-refractivity contribution in [2.75, 3.05) is 33.4 Å². The Kier molecular flexibility index (Phi) is 7.59. The number of carbonyl (C=O) groups is 3. The van der Waals surface area contributed by atoms with Crippen LogP contribution in [-0.4, -0.2) is 56.0 Å². The molecule has 7 heteroatoms. The van der Waals surface area contributed by atoms with Gasteiger partial charge in [-0.1, -0.05) is 6.07 Å². The molecule has 2 amide bonds. The minimum atomic E-state index is -0.619. The molecular formula is C16H22N2O5. The number of rotatable bonds is 8. The Morgan fingerprint density at radius 3 is 2.57 bits per heavy atom. The Hall–Kier alpha value is -2.57. The zero-order valence-corrected chi connectivity index (χ0v) is 13.6. The van der Waals surface area contributed by atoms with Gasteiger partial charge in [0.05, 0.1) is 19.2 Å². The van der Waals surface area contributed by atoms with Crippen molar-refractivity contribution < 1.29 is 23.9 Å². The van der Waals surface area contributed by atoms with Crippen LogP contribution in [0.3, 0.4) is 0 Å². The molecule has 0 aliphatic rings. The summed E-state index contributed by atoms with van der Waals surface area (Å²) in [6.45, 7) is 3.93. The van der Waals surface area contributed by atoms with Crippen molar-refractivity contribution in [3.8, 4) is 5.75 Å². The summed E-state index contributed by atoms with van der Waals surface area (Å²) in [6.07, 6.45) is 0. The minimum absolute atomic E-state index is 0.0557. The fourth-order valence-electron chi connectivity index (χ4n) is 1.85. The van der Waals surface area contributed by atoms with Crippen LogP contribution in [0.15, 0.2) is 24.3 Å². The van der Waals surface area contributed by atoms with Crippen LogP contribution in [0.1, 0.15) is 24.2 Å². The largest absolute Gasteiger partial charge is 0.497 e. The molecular weight excluding hydrogens is 300 g/mol. The number of carbonyl (C=O) groups excluding carboxylic acids is 3. The van der Waals surface area contributed by atoms with Crippen molar-refractivity contribution in [2.24, 2.45) is 0 Å². The van der Waals surface area contributed by atoms with Gasteiger partial charge in [0.2, 0.25) is 5.91 Å². The van der Waals surface area contributed by atoms with E-state index in [1.807, 2.05) is 0 Å². The van der Waals surface area contributed by atoms with Gasteiger partial charge in [-0.3, -0.25) is 9.59 Å². The number of nitrogens with one attached hydrogen (secondary N) is 1. The number of nitrogens with zero attached hydrogens (tertiary/aromatic N) is 1. The molecule has 0 spiro atoms. The summed E-state index contributed by atoms with van der Waals surface area (Å²) in [7, 11) is 1.49. The number of benzene rings is 1. The minimum Gasteiger partial charge on any atom is -0.497 e. The quantitative estimate of drug-likeness (QED) is 0.717. The van der Waals surface area contributed by atoms with Crippen molar-refractivity contribution >= 4 is 17.8 Å². The SMILES string of the molecule is CCNC(=O)CN(CC)C(=O)COC(=O)c1cccc(OC)c1. The summed E-state index contributed by atoms with van der Waals surface area (Å²) in [5.41, 5.74) is 0.295. The summed E-state index contributed by atoms with van der Waals surface area (Å²) in [6, 6.07) is 6.46.